The van der Waals surface area contributed by atoms with Gasteiger partial charge in [0.25, 0.3) is 0 Å². The third-order valence-electron chi connectivity index (χ3n) is 5.12. The van der Waals surface area contributed by atoms with Crippen LogP contribution in [0.3, 0.4) is 0 Å². The molecule has 0 radical (unpaired) electrons. The second-order valence-electron chi connectivity index (χ2n) is 7.78. The van der Waals surface area contributed by atoms with Crippen LogP contribution < -0.4 is 9.62 Å². The van der Waals surface area contributed by atoms with Crippen LogP contribution in [0.2, 0.25) is 5.02 Å². The molecule has 0 saturated heterocycles. The quantitative estimate of drug-likeness (QED) is 0.475. The summed E-state index contributed by atoms with van der Waals surface area (Å²) < 4.78 is 27.0. The predicted molar refractivity (Wildman–Crippen MR) is 136 cm³/mol. The van der Waals surface area contributed by atoms with Gasteiger partial charge in [-0.15, -0.1) is 0 Å². The number of nitrogens with zero attached hydrogens (tertiary/aromatic N) is 2. The molecule has 0 aliphatic rings. The van der Waals surface area contributed by atoms with Gasteiger partial charge in [-0.1, -0.05) is 52.7 Å². The lowest BCUT2D eigenvalue weighted by Crippen LogP contribution is -2.51. The standard InChI is InChI=1S/C23H29BrClN3O4S/c1-5-12-26-23(30)17(3)27(14-18-8-6-7-9-21(18)25)22(29)15-28(33(4,31)32)19-10-11-20(24)16(2)13-19/h6-11,13,17H,5,12,14-15H2,1-4H3,(H,26,30)/t17-/m1/s1. The molecule has 0 aromatic heterocycles. The minimum Gasteiger partial charge on any atom is -0.354 e. The third kappa shape index (κ3) is 7.45. The summed E-state index contributed by atoms with van der Waals surface area (Å²) in [6.45, 7) is 5.48. The molecule has 180 valence electrons. The van der Waals surface area contributed by atoms with Gasteiger partial charge >= 0.3 is 0 Å². The van der Waals surface area contributed by atoms with Gasteiger partial charge in [0, 0.05) is 22.6 Å². The molecule has 2 aromatic carbocycles. The van der Waals surface area contributed by atoms with Crippen molar-refractivity contribution in [2.45, 2.75) is 39.8 Å². The van der Waals surface area contributed by atoms with E-state index < -0.39 is 28.5 Å². The van der Waals surface area contributed by atoms with Crippen molar-refractivity contribution in [1.29, 1.82) is 0 Å². The van der Waals surface area contributed by atoms with Crippen LogP contribution in [-0.4, -0.2) is 50.5 Å². The summed E-state index contributed by atoms with van der Waals surface area (Å²) in [5, 5.41) is 3.25. The molecule has 10 heteroatoms. The van der Waals surface area contributed by atoms with Gasteiger partial charge in [0.05, 0.1) is 11.9 Å². The van der Waals surface area contributed by atoms with Crippen LogP contribution in [0.15, 0.2) is 46.9 Å². The molecule has 0 fully saturated rings. The topological polar surface area (TPSA) is 86.8 Å². The van der Waals surface area contributed by atoms with Crippen molar-refractivity contribution in [3.05, 3.63) is 63.1 Å². The molecule has 2 amide bonds. The van der Waals surface area contributed by atoms with E-state index in [-0.39, 0.29) is 12.5 Å². The molecule has 0 unspecified atom stereocenters. The summed E-state index contributed by atoms with van der Waals surface area (Å²) in [7, 11) is -3.77. The van der Waals surface area contributed by atoms with E-state index in [1.165, 1.54) is 4.90 Å². The molecule has 1 N–H and O–H groups in total. The Morgan fingerprint density at radius 3 is 2.42 bits per heavy atom. The van der Waals surface area contributed by atoms with Crippen LogP contribution in [0.25, 0.3) is 0 Å². The van der Waals surface area contributed by atoms with E-state index in [4.69, 9.17) is 11.6 Å². The number of hydrogen-bond donors (Lipinski definition) is 1. The zero-order chi connectivity index (χ0) is 24.8. The molecular weight excluding hydrogens is 530 g/mol. The number of hydrogen-bond acceptors (Lipinski definition) is 4. The normalized spacial score (nSPS) is 12.2. The van der Waals surface area contributed by atoms with Gasteiger partial charge in [0.1, 0.15) is 12.6 Å². The van der Waals surface area contributed by atoms with Gasteiger partial charge in [0.2, 0.25) is 21.8 Å². The summed E-state index contributed by atoms with van der Waals surface area (Å²) in [6.07, 6.45) is 1.80. The fourth-order valence-corrected chi connectivity index (χ4v) is 4.47. The van der Waals surface area contributed by atoms with Crippen LogP contribution in [0.1, 0.15) is 31.4 Å². The third-order valence-corrected chi connectivity index (χ3v) is 7.52. The van der Waals surface area contributed by atoms with Crippen molar-refractivity contribution in [2.24, 2.45) is 0 Å². The van der Waals surface area contributed by atoms with Gasteiger partial charge in [-0.25, -0.2) is 8.42 Å². The van der Waals surface area contributed by atoms with Gasteiger partial charge in [-0.3, -0.25) is 13.9 Å². The molecule has 0 spiro atoms. The fourth-order valence-electron chi connectivity index (χ4n) is 3.19. The number of anilines is 1. The first-order valence-electron chi connectivity index (χ1n) is 10.5. The number of carbonyl (C=O) groups excluding carboxylic acids is 2. The number of amides is 2. The number of rotatable bonds is 10. The molecule has 2 aromatic rings. The van der Waals surface area contributed by atoms with E-state index in [1.807, 2.05) is 13.8 Å². The minimum absolute atomic E-state index is 0.0657. The molecule has 0 bridgehead atoms. The zero-order valence-electron chi connectivity index (χ0n) is 19.1. The van der Waals surface area contributed by atoms with Crippen molar-refractivity contribution in [3.8, 4) is 0 Å². The monoisotopic (exact) mass is 557 g/mol. The van der Waals surface area contributed by atoms with Crippen molar-refractivity contribution < 1.29 is 18.0 Å². The number of halogens is 2. The first-order chi connectivity index (χ1) is 15.5. The molecule has 1 atom stereocenters. The van der Waals surface area contributed by atoms with Crippen LogP contribution in [-0.2, 0) is 26.2 Å². The molecule has 0 saturated carbocycles. The maximum absolute atomic E-state index is 13.4. The lowest BCUT2D eigenvalue weighted by molar-refractivity contribution is -0.139. The molecule has 0 heterocycles. The van der Waals surface area contributed by atoms with Crippen LogP contribution in [0, 0.1) is 6.92 Å². The van der Waals surface area contributed by atoms with E-state index in [0.29, 0.717) is 22.8 Å². The maximum Gasteiger partial charge on any atom is 0.244 e. The molecule has 0 aliphatic carbocycles. The average molecular weight is 559 g/mol. The molecular formula is C23H29BrClN3O4S. The summed E-state index contributed by atoms with van der Waals surface area (Å²) >= 11 is 9.70. The highest BCUT2D eigenvalue weighted by molar-refractivity contribution is 9.10. The van der Waals surface area contributed by atoms with Crippen molar-refractivity contribution >= 4 is 55.1 Å². The second-order valence-corrected chi connectivity index (χ2v) is 11.0. The van der Waals surface area contributed by atoms with Crippen LogP contribution in [0.4, 0.5) is 5.69 Å². The number of carbonyl (C=O) groups is 2. The first-order valence-corrected chi connectivity index (χ1v) is 13.5. The Labute approximate surface area is 209 Å². The van der Waals surface area contributed by atoms with Crippen molar-refractivity contribution in [1.82, 2.24) is 10.2 Å². The molecule has 0 aliphatic heterocycles. The lowest BCUT2D eigenvalue weighted by Gasteiger charge is -2.31. The maximum atomic E-state index is 13.4. The Morgan fingerprint density at radius 1 is 1.18 bits per heavy atom. The smallest absolute Gasteiger partial charge is 0.244 e. The summed E-state index contributed by atoms with van der Waals surface area (Å²) in [4.78, 5) is 27.5. The van der Waals surface area contributed by atoms with E-state index in [2.05, 4.69) is 21.2 Å². The Morgan fingerprint density at radius 2 is 1.85 bits per heavy atom. The van der Waals surface area contributed by atoms with Crippen LogP contribution in [0.5, 0.6) is 0 Å². The van der Waals surface area contributed by atoms with Crippen molar-refractivity contribution in [3.63, 3.8) is 0 Å². The highest BCUT2D eigenvalue weighted by Crippen LogP contribution is 2.25. The zero-order valence-corrected chi connectivity index (χ0v) is 22.3. The number of aryl methyl sites for hydroxylation is 1. The summed E-state index contributed by atoms with van der Waals surface area (Å²) in [5.41, 5.74) is 1.86. The Bertz CT molecular complexity index is 1110. The van der Waals surface area contributed by atoms with Crippen LogP contribution >= 0.6 is 27.5 Å². The average Bonchev–Trinajstić information content (AvgIpc) is 2.75. The number of sulfonamides is 1. The second kappa shape index (κ2) is 11.9. The van der Waals surface area contributed by atoms with E-state index >= 15 is 0 Å². The minimum atomic E-state index is -3.77. The molecule has 2 rings (SSSR count). The summed E-state index contributed by atoms with van der Waals surface area (Å²) in [5.74, 6) is -0.831. The van der Waals surface area contributed by atoms with Gasteiger partial charge in [-0.05, 0) is 55.7 Å². The van der Waals surface area contributed by atoms with Gasteiger partial charge < -0.3 is 10.2 Å². The Kier molecular flexibility index (Phi) is 9.75. The predicted octanol–water partition coefficient (Wildman–Crippen LogP) is 4.12. The molecule has 33 heavy (non-hydrogen) atoms. The molecule has 7 nitrogen and oxygen atoms in total. The first kappa shape index (κ1) is 27.1. The lowest BCUT2D eigenvalue weighted by atomic mass is 10.1. The highest BCUT2D eigenvalue weighted by Gasteiger charge is 2.30. The highest BCUT2D eigenvalue weighted by atomic mass is 79.9. The fraction of sp³-hybridized carbons (Fsp3) is 0.391. The van der Waals surface area contributed by atoms with Gasteiger partial charge in [0.15, 0.2) is 0 Å². The largest absolute Gasteiger partial charge is 0.354 e. The number of benzene rings is 2. The van der Waals surface area contributed by atoms with E-state index in [1.54, 1.807) is 49.4 Å². The Balaban J connectivity index is 2.40. The van der Waals surface area contributed by atoms with Crippen molar-refractivity contribution in [2.75, 3.05) is 23.7 Å². The van der Waals surface area contributed by atoms with E-state index in [0.717, 1.165) is 27.0 Å². The van der Waals surface area contributed by atoms with E-state index in [9.17, 15) is 18.0 Å². The summed E-state index contributed by atoms with van der Waals surface area (Å²) in [6, 6.07) is 11.3. The Hall–Kier alpha value is -2.10. The van der Waals surface area contributed by atoms with Gasteiger partial charge in [-0.2, -0.15) is 0 Å². The number of nitrogens with one attached hydrogen (secondary N) is 1. The SMILES string of the molecule is CCCNC(=O)[C@@H](C)N(Cc1ccccc1Cl)C(=O)CN(c1ccc(Br)c(C)c1)S(C)(=O)=O.